The Kier molecular flexibility index (Phi) is 4.99. The quantitative estimate of drug-likeness (QED) is 0.436. The van der Waals surface area contributed by atoms with Crippen LogP contribution in [0.1, 0.15) is 113 Å². The number of carbonyl (C=O) groups is 1. The standard InChI is InChI=1S/C30H49NO2/c1-25(2)14-16-30(24(31)33)17-15-28(6)19(20(30)18-25)8-9-22-27(5)12-11-23(32)26(3,4)21(27)10-13-29(22,28)7/h8,20-23,32H,9-18H2,1-7H3,(H2,31,33)/t20-,21?,22?,23-,27-,28+,29+,30-/m0/s1. The Morgan fingerprint density at radius 2 is 1.58 bits per heavy atom. The zero-order valence-electron chi connectivity index (χ0n) is 22.4. The van der Waals surface area contributed by atoms with Crippen LogP contribution in [-0.4, -0.2) is 17.1 Å². The van der Waals surface area contributed by atoms with Crippen LogP contribution in [0.3, 0.4) is 0 Å². The molecule has 5 aliphatic carbocycles. The third kappa shape index (κ3) is 2.87. The van der Waals surface area contributed by atoms with Gasteiger partial charge >= 0.3 is 0 Å². The van der Waals surface area contributed by atoms with Gasteiger partial charge in [0, 0.05) is 0 Å². The van der Waals surface area contributed by atoms with Gasteiger partial charge in [0.15, 0.2) is 0 Å². The molecule has 0 aromatic carbocycles. The van der Waals surface area contributed by atoms with Crippen molar-refractivity contribution in [1.82, 2.24) is 0 Å². The minimum Gasteiger partial charge on any atom is -0.393 e. The van der Waals surface area contributed by atoms with Gasteiger partial charge in [-0.3, -0.25) is 4.79 Å². The van der Waals surface area contributed by atoms with E-state index in [-0.39, 0.29) is 44.5 Å². The first-order chi connectivity index (χ1) is 15.1. The van der Waals surface area contributed by atoms with Crippen LogP contribution in [0.4, 0.5) is 0 Å². The lowest BCUT2D eigenvalue weighted by molar-refractivity contribution is -0.203. The molecule has 0 saturated heterocycles. The Bertz CT molecular complexity index is 888. The van der Waals surface area contributed by atoms with Crippen LogP contribution in [0, 0.1) is 50.2 Å². The van der Waals surface area contributed by atoms with Gasteiger partial charge in [0.1, 0.15) is 0 Å². The topological polar surface area (TPSA) is 63.3 Å². The van der Waals surface area contributed by atoms with Crippen LogP contribution >= 0.6 is 0 Å². The van der Waals surface area contributed by atoms with E-state index in [1.807, 2.05) is 0 Å². The second kappa shape index (κ2) is 6.89. The molecule has 4 fully saturated rings. The van der Waals surface area contributed by atoms with Crippen molar-refractivity contribution >= 4 is 5.91 Å². The fourth-order valence-corrected chi connectivity index (χ4v) is 10.7. The highest BCUT2D eigenvalue weighted by atomic mass is 16.3. The molecule has 3 heteroatoms. The first kappa shape index (κ1) is 23.9. The molecule has 8 atom stereocenters. The summed E-state index contributed by atoms with van der Waals surface area (Å²) >= 11 is 0. The molecule has 5 rings (SSSR count). The molecule has 1 amide bonds. The number of fused-ring (bicyclic) bond motifs is 7. The normalized spacial score (nSPS) is 52.4. The third-order valence-corrected chi connectivity index (χ3v) is 13.1. The summed E-state index contributed by atoms with van der Waals surface area (Å²) in [5.74, 6) is 1.48. The molecule has 3 N–H and O–H groups in total. The summed E-state index contributed by atoms with van der Waals surface area (Å²) in [4.78, 5) is 13.0. The zero-order valence-corrected chi connectivity index (χ0v) is 22.4. The first-order valence-electron chi connectivity index (χ1n) is 13.8. The van der Waals surface area contributed by atoms with Gasteiger partial charge in [-0.1, -0.05) is 60.1 Å². The second-order valence-electron chi connectivity index (χ2n) is 15.1. The van der Waals surface area contributed by atoms with Crippen molar-refractivity contribution in [3.05, 3.63) is 11.6 Å². The van der Waals surface area contributed by atoms with Gasteiger partial charge in [-0.15, -0.1) is 0 Å². The van der Waals surface area contributed by atoms with Crippen molar-refractivity contribution in [3.8, 4) is 0 Å². The van der Waals surface area contributed by atoms with E-state index in [4.69, 9.17) is 5.73 Å². The van der Waals surface area contributed by atoms with Gasteiger partial charge in [-0.05, 0) is 109 Å². The summed E-state index contributed by atoms with van der Waals surface area (Å²) in [6, 6.07) is 0. The number of primary amides is 1. The van der Waals surface area contributed by atoms with Crippen molar-refractivity contribution < 1.29 is 9.90 Å². The maximum absolute atomic E-state index is 13.0. The Balaban J connectivity index is 1.60. The number of nitrogens with two attached hydrogens (primary N) is 1. The third-order valence-electron chi connectivity index (χ3n) is 13.1. The molecule has 5 aliphatic rings. The maximum atomic E-state index is 13.0. The largest absolute Gasteiger partial charge is 0.393 e. The Labute approximate surface area is 202 Å². The van der Waals surface area contributed by atoms with Gasteiger partial charge in [-0.2, -0.15) is 0 Å². The molecular weight excluding hydrogens is 406 g/mol. The number of hydrogen-bond acceptors (Lipinski definition) is 2. The number of amides is 1. The SMILES string of the molecule is CC1(C)CC[C@]2(C(N)=O)CC[C@]3(C)C(=CCC4[C@@]5(C)CC[C@H](O)C(C)(C)C5CC[C@]43C)[C@@H]2C1. The molecule has 2 unspecified atom stereocenters. The summed E-state index contributed by atoms with van der Waals surface area (Å²) in [7, 11) is 0. The molecule has 0 radical (unpaired) electrons. The predicted molar refractivity (Wildman–Crippen MR) is 134 cm³/mol. The van der Waals surface area contributed by atoms with E-state index in [0.29, 0.717) is 17.8 Å². The molecule has 4 saturated carbocycles. The molecule has 0 aliphatic heterocycles. The number of aliphatic hydroxyl groups is 1. The molecule has 186 valence electrons. The van der Waals surface area contributed by atoms with Gasteiger partial charge in [-0.25, -0.2) is 0 Å². The second-order valence-corrected chi connectivity index (χ2v) is 15.1. The molecule has 0 aromatic rings. The van der Waals surface area contributed by atoms with E-state index in [1.165, 1.54) is 12.8 Å². The molecule has 0 aromatic heterocycles. The lowest BCUT2D eigenvalue weighted by Crippen LogP contribution is -2.65. The van der Waals surface area contributed by atoms with Crippen LogP contribution in [0.25, 0.3) is 0 Å². The molecule has 33 heavy (non-hydrogen) atoms. The van der Waals surface area contributed by atoms with E-state index in [1.54, 1.807) is 5.57 Å². The minimum absolute atomic E-state index is 0.0136. The number of rotatable bonds is 1. The van der Waals surface area contributed by atoms with E-state index in [2.05, 4.69) is 54.5 Å². The smallest absolute Gasteiger partial charge is 0.224 e. The molecule has 0 bridgehead atoms. The van der Waals surface area contributed by atoms with Crippen molar-refractivity contribution in [2.45, 2.75) is 119 Å². The fourth-order valence-electron chi connectivity index (χ4n) is 10.7. The van der Waals surface area contributed by atoms with Crippen LogP contribution in [-0.2, 0) is 4.79 Å². The Morgan fingerprint density at radius 1 is 0.909 bits per heavy atom. The highest BCUT2D eigenvalue weighted by Crippen LogP contribution is 2.75. The van der Waals surface area contributed by atoms with E-state index < -0.39 is 0 Å². The van der Waals surface area contributed by atoms with Crippen LogP contribution in [0.15, 0.2) is 11.6 Å². The van der Waals surface area contributed by atoms with E-state index in [0.717, 1.165) is 51.4 Å². The van der Waals surface area contributed by atoms with Gasteiger partial charge in [0.2, 0.25) is 5.91 Å². The number of carbonyl (C=O) groups excluding carboxylic acids is 1. The lowest BCUT2D eigenvalue weighted by Gasteiger charge is -2.71. The minimum atomic E-state index is -0.331. The summed E-state index contributed by atoms with van der Waals surface area (Å²) in [5.41, 5.74) is 8.36. The van der Waals surface area contributed by atoms with Crippen molar-refractivity contribution in [2.24, 2.45) is 56.0 Å². The average molecular weight is 456 g/mol. The van der Waals surface area contributed by atoms with E-state index in [9.17, 15) is 9.90 Å². The number of hydrogen-bond donors (Lipinski definition) is 2. The predicted octanol–water partition coefficient (Wildman–Crippen LogP) is 6.63. The molecule has 3 nitrogen and oxygen atoms in total. The molecule has 0 heterocycles. The summed E-state index contributed by atoms with van der Waals surface area (Å²) in [5, 5.41) is 10.9. The van der Waals surface area contributed by atoms with Gasteiger partial charge in [0.05, 0.1) is 11.5 Å². The van der Waals surface area contributed by atoms with E-state index >= 15 is 0 Å². The first-order valence-corrected chi connectivity index (χ1v) is 13.8. The van der Waals surface area contributed by atoms with Gasteiger partial charge < -0.3 is 10.8 Å². The number of allylic oxidation sites excluding steroid dienone is 2. The lowest BCUT2D eigenvalue weighted by atomic mass is 9.33. The average Bonchev–Trinajstić information content (AvgIpc) is 2.71. The molecular formula is C30H49NO2. The van der Waals surface area contributed by atoms with Crippen LogP contribution < -0.4 is 5.73 Å². The molecule has 0 spiro atoms. The highest BCUT2D eigenvalue weighted by molar-refractivity contribution is 5.82. The monoisotopic (exact) mass is 455 g/mol. The fraction of sp³-hybridized carbons (Fsp3) is 0.900. The zero-order chi connectivity index (χ0) is 24.2. The van der Waals surface area contributed by atoms with Crippen LogP contribution in [0.5, 0.6) is 0 Å². The van der Waals surface area contributed by atoms with Crippen molar-refractivity contribution in [3.63, 3.8) is 0 Å². The van der Waals surface area contributed by atoms with Crippen LogP contribution in [0.2, 0.25) is 0 Å². The van der Waals surface area contributed by atoms with Crippen molar-refractivity contribution in [1.29, 1.82) is 0 Å². The Hall–Kier alpha value is -0.830. The highest BCUT2D eigenvalue weighted by Gasteiger charge is 2.68. The summed E-state index contributed by atoms with van der Waals surface area (Å²) in [6.45, 7) is 17.1. The number of aliphatic hydroxyl groups excluding tert-OH is 1. The Morgan fingerprint density at radius 3 is 2.24 bits per heavy atom. The summed E-state index contributed by atoms with van der Waals surface area (Å²) < 4.78 is 0. The van der Waals surface area contributed by atoms with Crippen molar-refractivity contribution in [2.75, 3.05) is 0 Å². The van der Waals surface area contributed by atoms with Gasteiger partial charge in [0.25, 0.3) is 0 Å². The summed E-state index contributed by atoms with van der Waals surface area (Å²) in [6.07, 6.45) is 13.3. The maximum Gasteiger partial charge on any atom is 0.224 e.